The monoisotopic (exact) mass is 562 g/mol. The van der Waals surface area contributed by atoms with E-state index in [4.69, 9.17) is 4.74 Å². The van der Waals surface area contributed by atoms with Crippen LogP contribution in [-0.2, 0) is 5.41 Å². The number of nitrogens with zero attached hydrogens (tertiary/aromatic N) is 2. The maximum Gasteiger partial charge on any atom is 0.132 e. The molecule has 3 nitrogen and oxygen atoms in total. The first kappa shape index (κ1) is 24.8. The highest BCUT2D eigenvalue weighted by molar-refractivity contribution is 5.89. The average molecular weight is 563 g/mol. The molecule has 0 amide bonds. The standard InChI is InChI=1S/C41H26N2O/c1-2-11-27(12-3-1)37-22-23-38(43-42-37)30-14-10-13-28(25-30)29-21-24-40-36(26-29)41(35-19-8-9-20-39(35)44-40)33-17-6-4-15-31(33)32-16-5-7-18-34(32)41/h1-26H. The van der Waals surface area contributed by atoms with Gasteiger partial charge in [0.15, 0.2) is 0 Å². The van der Waals surface area contributed by atoms with Crippen molar-refractivity contribution in [1.29, 1.82) is 0 Å². The van der Waals surface area contributed by atoms with Gasteiger partial charge in [-0.25, -0.2) is 0 Å². The van der Waals surface area contributed by atoms with E-state index < -0.39 is 5.41 Å². The Morgan fingerprint density at radius 1 is 0.364 bits per heavy atom. The molecule has 6 aromatic carbocycles. The van der Waals surface area contributed by atoms with Crippen molar-refractivity contribution in [3.63, 3.8) is 0 Å². The smallest absolute Gasteiger partial charge is 0.132 e. The van der Waals surface area contributed by atoms with E-state index in [1.54, 1.807) is 0 Å². The summed E-state index contributed by atoms with van der Waals surface area (Å²) in [4.78, 5) is 0. The molecule has 2 aliphatic rings. The lowest BCUT2D eigenvalue weighted by molar-refractivity contribution is 0.436. The van der Waals surface area contributed by atoms with Gasteiger partial charge in [0.05, 0.1) is 16.8 Å². The van der Waals surface area contributed by atoms with Crippen LogP contribution >= 0.6 is 0 Å². The first-order valence-electron chi connectivity index (χ1n) is 14.9. The third-order valence-corrected chi connectivity index (χ3v) is 9.07. The Labute approximate surface area is 256 Å². The van der Waals surface area contributed by atoms with Crippen LogP contribution in [-0.4, -0.2) is 10.2 Å². The van der Waals surface area contributed by atoms with Crippen LogP contribution in [0.5, 0.6) is 11.5 Å². The lowest BCUT2D eigenvalue weighted by Crippen LogP contribution is -2.32. The Hall–Kier alpha value is -5.80. The van der Waals surface area contributed by atoms with Crippen molar-refractivity contribution >= 4 is 0 Å². The fourth-order valence-corrected chi connectivity index (χ4v) is 7.14. The Bertz CT molecular complexity index is 2160. The van der Waals surface area contributed by atoms with Crippen molar-refractivity contribution in [3.8, 4) is 56.3 Å². The summed E-state index contributed by atoms with van der Waals surface area (Å²) in [7, 11) is 0. The molecule has 2 heterocycles. The summed E-state index contributed by atoms with van der Waals surface area (Å²) in [6, 6.07) is 55.6. The zero-order valence-electron chi connectivity index (χ0n) is 23.8. The first-order chi connectivity index (χ1) is 21.8. The topological polar surface area (TPSA) is 35.0 Å². The van der Waals surface area contributed by atoms with E-state index in [0.717, 1.165) is 50.7 Å². The normalized spacial score (nSPS) is 13.4. The molecule has 3 heteroatoms. The number of ether oxygens (including phenoxy) is 1. The molecule has 1 spiro atoms. The summed E-state index contributed by atoms with van der Waals surface area (Å²) in [5.41, 5.74) is 13.0. The third-order valence-electron chi connectivity index (χ3n) is 9.07. The van der Waals surface area contributed by atoms with Crippen molar-refractivity contribution < 1.29 is 4.74 Å². The van der Waals surface area contributed by atoms with Gasteiger partial charge < -0.3 is 4.74 Å². The second kappa shape index (κ2) is 9.62. The molecular formula is C41H26N2O. The SMILES string of the molecule is c1ccc(-c2ccc(-c3cccc(-c4ccc5c(c4)C4(c6ccccc6O5)c5ccccc5-c5ccccc54)c3)nn2)cc1. The molecule has 0 unspecified atom stereocenters. The van der Waals surface area contributed by atoms with Crippen molar-refractivity contribution in [2.24, 2.45) is 0 Å². The van der Waals surface area contributed by atoms with E-state index in [-0.39, 0.29) is 0 Å². The van der Waals surface area contributed by atoms with Gasteiger partial charge in [0.25, 0.3) is 0 Å². The Balaban J connectivity index is 1.20. The van der Waals surface area contributed by atoms with E-state index in [1.165, 1.54) is 27.8 Å². The summed E-state index contributed by atoms with van der Waals surface area (Å²) >= 11 is 0. The van der Waals surface area contributed by atoms with Crippen LogP contribution in [0.15, 0.2) is 158 Å². The number of para-hydroxylation sites is 1. The molecule has 0 N–H and O–H groups in total. The van der Waals surface area contributed by atoms with Gasteiger partial charge in [-0.3, -0.25) is 0 Å². The minimum absolute atomic E-state index is 0.482. The van der Waals surface area contributed by atoms with Crippen LogP contribution in [0.25, 0.3) is 44.8 Å². The van der Waals surface area contributed by atoms with E-state index >= 15 is 0 Å². The van der Waals surface area contributed by atoms with Crippen LogP contribution in [0.3, 0.4) is 0 Å². The van der Waals surface area contributed by atoms with E-state index in [0.29, 0.717) is 0 Å². The molecule has 0 saturated heterocycles. The maximum absolute atomic E-state index is 6.61. The van der Waals surface area contributed by atoms with Crippen molar-refractivity contribution in [2.75, 3.05) is 0 Å². The molecule has 0 saturated carbocycles. The number of benzene rings is 6. The van der Waals surface area contributed by atoms with E-state index in [1.807, 2.05) is 30.3 Å². The lowest BCUT2D eigenvalue weighted by Gasteiger charge is -2.39. The molecule has 7 aromatic rings. The molecule has 1 aromatic heterocycles. The Kier molecular flexibility index (Phi) is 5.41. The summed E-state index contributed by atoms with van der Waals surface area (Å²) in [5, 5.41) is 9.12. The molecule has 1 aliphatic carbocycles. The molecule has 0 fully saturated rings. The first-order valence-corrected chi connectivity index (χ1v) is 14.9. The van der Waals surface area contributed by atoms with Gasteiger partial charge in [0.1, 0.15) is 11.5 Å². The maximum atomic E-state index is 6.61. The van der Waals surface area contributed by atoms with E-state index in [9.17, 15) is 0 Å². The summed E-state index contributed by atoms with van der Waals surface area (Å²) in [6.07, 6.45) is 0. The molecule has 0 bridgehead atoms. The predicted octanol–water partition coefficient (Wildman–Crippen LogP) is 9.95. The van der Waals surface area contributed by atoms with Gasteiger partial charge in [-0.1, -0.05) is 121 Å². The van der Waals surface area contributed by atoms with Crippen molar-refractivity contribution in [2.45, 2.75) is 5.41 Å². The molecule has 9 rings (SSSR count). The number of hydrogen-bond acceptors (Lipinski definition) is 3. The molecule has 44 heavy (non-hydrogen) atoms. The van der Waals surface area contributed by atoms with Crippen LogP contribution in [0.1, 0.15) is 22.3 Å². The van der Waals surface area contributed by atoms with Gasteiger partial charge in [-0.15, -0.1) is 10.2 Å². The zero-order chi connectivity index (χ0) is 29.1. The average Bonchev–Trinajstić information content (AvgIpc) is 3.40. The minimum Gasteiger partial charge on any atom is -0.457 e. The van der Waals surface area contributed by atoms with Gasteiger partial charge in [-0.2, -0.15) is 0 Å². The minimum atomic E-state index is -0.482. The molecule has 0 radical (unpaired) electrons. The van der Waals surface area contributed by atoms with Gasteiger partial charge in [-0.05, 0) is 69.8 Å². The number of hydrogen-bond donors (Lipinski definition) is 0. The van der Waals surface area contributed by atoms with Crippen LogP contribution in [0.4, 0.5) is 0 Å². The molecule has 0 atom stereocenters. The highest BCUT2D eigenvalue weighted by Gasteiger charge is 2.50. The summed E-state index contributed by atoms with van der Waals surface area (Å²) in [5.74, 6) is 1.79. The number of fused-ring (bicyclic) bond motifs is 9. The van der Waals surface area contributed by atoms with Crippen molar-refractivity contribution in [3.05, 3.63) is 180 Å². The Morgan fingerprint density at radius 3 is 1.64 bits per heavy atom. The predicted molar refractivity (Wildman–Crippen MR) is 176 cm³/mol. The van der Waals surface area contributed by atoms with Crippen LogP contribution < -0.4 is 4.74 Å². The Morgan fingerprint density at radius 2 is 0.909 bits per heavy atom. The fraction of sp³-hybridized carbons (Fsp3) is 0.0244. The highest BCUT2D eigenvalue weighted by Crippen LogP contribution is 2.62. The fourth-order valence-electron chi connectivity index (χ4n) is 7.14. The van der Waals surface area contributed by atoms with Crippen molar-refractivity contribution in [1.82, 2.24) is 10.2 Å². The second-order valence-corrected chi connectivity index (χ2v) is 11.4. The second-order valence-electron chi connectivity index (χ2n) is 11.4. The van der Waals surface area contributed by atoms with Gasteiger partial charge >= 0.3 is 0 Å². The molecular weight excluding hydrogens is 536 g/mol. The number of rotatable bonds is 3. The lowest BCUT2D eigenvalue weighted by atomic mass is 9.66. The summed E-state index contributed by atoms with van der Waals surface area (Å²) in [6.45, 7) is 0. The third kappa shape index (κ3) is 3.56. The van der Waals surface area contributed by atoms with Crippen LogP contribution in [0.2, 0.25) is 0 Å². The van der Waals surface area contributed by atoms with Gasteiger partial charge in [0.2, 0.25) is 0 Å². The molecule has 206 valence electrons. The molecule has 1 aliphatic heterocycles. The quantitative estimate of drug-likeness (QED) is 0.215. The van der Waals surface area contributed by atoms with E-state index in [2.05, 4.69) is 138 Å². The zero-order valence-corrected chi connectivity index (χ0v) is 23.8. The van der Waals surface area contributed by atoms with Gasteiger partial charge in [0, 0.05) is 22.3 Å². The summed E-state index contributed by atoms with van der Waals surface area (Å²) < 4.78 is 6.61. The number of aromatic nitrogens is 2. The largest absolute Gasteiger partial charge is 0.457 e. The van der Waals surface area contributed by atoms with Crippen LogP contribution in [0, 0.1) is 0 Å². The highest BCUT2D eigenvalue weighted by atomic mass is 16.5.